The molecule has 1 N–H and O–H groups in total. The van der Waals surface area contributed by atoms with Crippen molar-refractivity contribution in [3.63, 3.8) is 0 Å². The Labute approximate surface area is 93.2 Å². The second kappa shape index (κ2) is 5.16. The standard InChI is InChI=1S/C11H13NO4/c1-8(11(13)14)12(15)7-9-3-5-10(16-2)6-4-9/h3-8H,1-2H3,(H,13,14)/b12-7-. The van der Waals surface area contributed by atoms with Gasteiger partial charge in [0.25, 0.3) is 6.04 Å². The van der Waals surface area contributed by atoms with Crippen LogP contribution in [0.5, 0.6) is 5.75 Å². The lowest BCUT2D eigenvalue weighted by Gasteiger charge is -2.07. The smallest absolute Gasteiger partial charge is 0.373 e. The number of carboxylic acids is 1. The van der Waals surface area contributed by atoms with Gasteiger partial charge in [0.2, 0.25) is 0 Å². The first kappa shape index (κ1) is 12.0. The summed E-state index contributed by atoms with van der Waals surface area (Å²) in [7, 11) is 1.55. The fourth-order valence-corrected chi connectivity index (χ4v) is 1.06. The molecule has 1 atom stereocenters. The predicted octanol–water partition coefficient (Wildman–Crippen LogP) is 1.10. The number of benzene rings is 1. The lowest BCUT2D eigenvalue weighted by molar-refractivity contribution is -0.479. The first-order valence-electron chi connectivity index (χ1n) is 4.72. The highest BCUT2D eigenvalue weighted by atomic mass is 16.5. The summed E-state index contributed by atoms with van der Waals surface area (Å²) in [5, 5.41) is 20.0. The number of ether oxygens (including phenoxy) is 1. The van der Waals surface area contributed by atoms with E-state index in [1.807, 2.05) is 0 Å². The maximum Gasteiger partial charge on any atom is 0.373 e. The van der Waals surface area contributed by atoms with E-state index in [0.29, 0.717) is 16.1 Å². The van der Waals surface area contributed by atoms with E-state index in [0.717, 1.165) is 0 Å². The maximum absolute atomic E-state index is 11.4. The Balaban J connectivity index is 2.85. The van der Waals surface area contributed by atoms with Crippen LogP contribution in [0.2, 0.25) is 0 Å². The van der Waals surface area contributed by atoms with Gasteiger partial charge in [-0.3, -0.25) is 0 Å². The monoisotopic (exact) mass is 223 g/mol. The molecule has 0 radical (unpaired) electrons. The Hall–Kier alpha value is -2.04. The zero-order valence-electron chi connectivity index (χ0n) is 9.08. The zero-order valence-corrected chi connectivity index (χ0v) is 9.08. The van der Waals surface area contributed by atoms with Crippen molar-refractivity contribution in [3.8, 4) is 5.75 Å². The molecule has 5 heteroatoms. The maximum atomic E-state index is 11.4. The topological polar surface area (TPSA) is 72.6 Å². The Morgan fingerprint density at radius 3 is 2.50 bits per heavy atom. The van der Waals surface area contributed by atoms with Crippen LogP contribution in [-0.2, 0) is 4.79 Å². The molecule has 86 valence electrons. The summed E-state index contributed by atoms with van der Waals surface area (Å²) in [6, 6.07) is 5.66. The van der Waals surface area contributed by atoms with Crippen LogP contribution in [-0.4, -0.2) is 35.2 Å². The zero-order chi connectivity index (χ0) is 12.1. The van der Waals surface area contributed by atoms with Gasteiger partial charge in [-0.2, -0.15) is 4.74 Å². The summed E-state index contributed by atoms with van der Waals surface area (Å²) in [6.45, 7) is 1.33. The van der Waals surface area contributed by atoms with E-state index in [2.05, 4.69) is 0 Å². The molecule has 0 bridgehead atoms. The molecule has 0 amide bonds. The van der Waals surface area contributed by atoms with Crippen molar-refractivity contribution >= 4 is 12.2 Å². The van der Waals surface area contributed by atoms with Gasteiger partial charge in [0, 0.05) is 12.5 Å². The van der Waals surface area contributed by atoms with E-state index in [4.69, 9.17) is 9.84 Å². The quantitative estimate of drug-likeness (QED) is 0.359. The molecule has 0 aliphatic carbocycles. The van der Waals surface area contributed by atoms with Gasteiger partial charge < -0.3 is 15.1 Å². The van der Waals surface area contributed by atoms with Crippen molar-refractivity contribution in [3.05, 3.63) is 35.0 Å². The van der Waals surface area contributed by atoms with Gasteiger partial charge in [0.15, 0.2) is 6.21 Å². The van der Waals surface area contributed by atoms with Crippen LogP contribution in [0.3, 0.4) is 0 Å². The Kier molecular flexibility index (Phi) is 3.88. The third-order valence-corrected chi connectivity index (χ3v) is 2.13. The van der Waals surface area contributed by atoms with Gasteiger partial charge in [-0.05, 0) is 24.3 Å². The fourth-order valence-electron chi connectivity index (χ4n) is 1.06. The van der Waals surface area contributed by atoms with Crippen LogP contribution >= 0.6 is 0 Å². The predicted molar refractivity (Wildman–Crippen MR) is 58.9 cm³/mol. The lowest BCUT2D eigenvalue weighted by Crippen LogP contribution is -2.28. The Bertz CT molecular complexity index is 397. The molecule has 1 aromatic carbocycles. The van der Waals surface area contributed by atoms with Crippen LogP contribution in [0.1, 0.15) is 12.5 Å². The van der Waals surface area contributed by atoms with Gasteiger partial charge in [-0.15, -0.1) is 0 Å². The highest BCUT2D eigenvalue weighted by Gasteiger charge is 2.17. The van der Waals surface area contributed by atoms with Crippen LogP contribution in [0.4, 0.5) is 0 Å². The number of nitrogens with zero attached hydrogens (tertiary/aromatic N) is 1. The van der Waals surface area contributed by atoms with Crippen molar-refractivity contribution in [2.24, 2.45) is 0 Å². The minimum absolute atomic E-state index is 0.407. The SMILES string of the molecule is COc1ccc(/C=[N+](\[O-])C(C)C(=O)O)cc1. The molecule has 0 heterocycles. The minimum atomic E-state index is -1.15. The molecule has 1 unspecified atom stereocenters. The second-order valence-electron chi connectivity index (χ2n) is 3.28. The highest BCUT2D eigenvalue weighted by molar-refractivity contribution is 5.78. The fraction of sp³-hybridized carbons (Fsp3) is 0.273. The van der Waals surface area contributed by atoms with Crippen molar-refractivity contribution < 1.29 is 19.4 Å². The molecular formula is C11H13NO4. The molecule has 0 saturated carbocycles. The average molecular weight is 223 g/mol. The van der Waals surface area contributed by atoms with Crippen LogP contribution in [0.15, 0.2) is 24.3 Å². The first-order chi connectivity index (χ1) is 7.54. The average Bonchev–Trinajstić information content (AvgIpc) is 2.28. The third-order valence-electron chi connectivity index (χ3n) is 2.13. The number of hydrogen-bond donors (Lipinski definition) is 1. The molecule has 0 fully saturated rings. The Morgan fingerprint density at radius 1 is 1.50 bits per heavy atom. The molecule has 0 aromatic heterocycles. The first-order valence-corrected chi connectivity index (χ1v) is 4.72. The summed E-state index contributed by atoms with van der Waals surface area (Å²) in [4.78, 5) is 10.5. The molecule has 0 aliphatic rings. The van der Waals surface area contributed by atoms with E-state index in [1.54, 1.807) is 31.4 Å². The summed E-state index contributed by atoms with van der Waals surface area (Å²) < 4.78 is 5.37. The number of methoxy groups -OCH3 is 1. The normalized spacial score (nSPS) is 13.2. The van der Waals surface area contributed by atoms with Gasteiger partial charge in [-0.1, -0.05) is 0 Å². The lowest BCUT2D eigenvalue weighted by atomic mass is 10.2. The van der Waals surface area contributed by atoms with Gasteiger partial charge in [-0.25, -0.2) is 4.79 Å². The Morgan fingerprint density at radius 2 is 2.06 bits per heavy atom. The summed E-state index contributed by atoms with van der Waals surface area (Å²) >= 11 is 0. The molecule has 16 heavy (non-hydrogen) atoms. The van der Waals surface area contributed by atoms with E-state index in [9.17, 15) is 10.0 Å². The number of rotatable bonds is 4. The van der Waals surface area contributed by atoms with Crippen LogP contribution < -0.4 is 4.74 Å². The summed E-state index contributed by atoms with van der Waals surface area (Å²) in [5.41, 5.74) is 0.629. The highest BCUT2D eigenvalue weighted by Crippen LogP contribution is 2.09. The summed E-state index contributed by atoms with van der Waals surface area (Å²) in [6.07, 6.45) is 1.23. The molecule has 1 aromatic rings. The molecule has 1 rings (SSSR count). The van der Waals surface area contributed by atoms with Gasteiger partial charge in [0.05, 0.1) is 7.11 Å². The van der Waals surface area contributed by atoms with Gasteiger partial charge >= 0.3 is 5.97 Å². The third kappa shape index (κ3) is 2.98. The van der Waals surface area contributed by atoms with Crippen molar-refractivity contribution in [2.45, 2.75) is 13.0 Å². The second-order valence-corrected chi connectivity index (χ2v) is 3.28. The number of aliphatic carboxylic acids is 1. The van der Waals surface area contributed by atoms with E-state index in [-0.39, 0.29) is 0 Å². The minimum Gasteiger partial charge on any atom is -0.623 e. The van der Waals surface area contributed by atoms with E-state index in [1.165, 1.54) is 13.1 Å². The van der Waals surface area contributed by atoms with Crippen LogP contribution in [0, 0.1) is 5.21 Å². The number of carbonyl (C=O) groups is 1. The largest absolute Gasteiger partial charge is 0.623 e. The van der Waals surface area contributed by atoms with Crippen LogP contribution in [0.25, 0.3) is 0 Å². The number of hydrogen-bond acceptors (Lipinski definition) is 3. The molecule has 0 spiro atoms. The van der Waals surface area contributed by atoms with E-state index >= 15 is 0 Å². The molecule has 0 saturated heterocycles. The van der Waals surface area contributed by atoms with Crippen molar-refractivity contribution in [1.29, 1.82) is 0 Å². The van der Waals surface area contributed by atoms with Gasteiger partial charge in [0.1, 0.15) is 5.75 Å². The van der Waals surface area contributed by atoms with E-state index < -0.39 is 12.0 Å². The number of hydroxylamine groups is 1. The molecule has 0 aliphatic heterocycles. The van der Waals surface area contributed by atoms with Crippen molar-refractivity contribution in [1.82, 2.24) is 0 Å². The molecular weight excluding hydrogens is 210 g/mol. The molecule has 5 nitrogen and oxygen atoms in total. The van der Waals surface area contributed by atoms with Crippen molar-refractivity contribution in [2.75, 3.05) is 7.11 Å². The summed E-state index contributed by atoms with van der Waals surface area (Å²) in [5.74, 6) is -0.472. The number of carboxylic acid groups (broad SMARTS) is 1.